The zero-order valence-electron chi connectivity index (χ0n) is 4.83. The van der Waals surface area contributed by atoms with Crippen LogP contribution in [0.15, 0.2) is 24.0 Å². The highest BCUT2D eigenvalue weighted by Crippen LogP contribution is 1.90. The van der Waals surface area contributed by atoms with Gasteiger partial charge in [-0.15, -0.1) is 0 Å². The van der Waals surface area contributed by atoms with E-state index in [0.29, 0.717) is 0 Å². The van der Waals surface area contributed by atoms with Crippen LogP contribution in [0, 0.1) is 0 Å². The zero-order chi connectivity index (χ0) is 6.41. The highest BCUT2D eigenvalue weighted by atomic mass is 16.3. The van der Waals surface area contributed by atoms with Gasteiger partial charge in [0.25, 0.3) is 0 Å². The molecule has 0 aliphatic heterocycles. The quantitative estimate of drug-likeness (QED) is 0.415. The van der Waals surface area contributed by atoms with Crippen LogP contribution in [0.5, 0.6) is 0 Å². The van der Waals surface area contributed by atoms with Crippen molar-refractivity contribution in [2.24, 2.45) is 0 Å². The van der Waals surface area contributed by atoms with Gasteiger partial charge in [0.15, 0.2) is 0 Å². The van der Waals surface area contributed by atoms with Crippen molar-refractivity contribution in [3.63, 3.8) is 0 Å². The first kappa shape index (κ1) is 7.24. The van der Waals surface area contributed by atoms with Gasteiger partial charge >= 0.3 is 0 Å². The third-order valence-corrected chi connectivity index (χ3v) is 0.690. The molecule has 0 aliphatic rings. The van der Waals surface area contributed by atoms with Crippen LogP contribution >= 0.6 is 0 Å². The molecule has 0 aromatic carbocycles. The molecule has 8 heavy (non-hydrogen) atoms. The topological polar surface area (TPSA) is 40.5 Å². The molecule has 0 fully saturated rings. The molecule has 2 nitrogen and oxygen atoms in total. The molecule has 46 valence electrons. The van der Waals surface area contributed by atoms with Crippen LogP contribution in [0.3, 0.4) is 0 Å². The van der Waals surface area contributed by atoms with Gasteiger partial charge in [-0.2, -0.15) is 0 Å². The van der Waals surface area contributed by atoms with Crippen LogP contribution in [0.1, 0.15) is 6.92 Å². The normalized spacial score (nSPS) is 13.0. The number of aliphatic hydroxyl groups excluding tert-OH is 2. The van der Waals surface area contributed by atoms with Gasteiger partial charge in [0.2, 0.25) is 0 Å². The second-order valence-electron chi connectivity index (χ2n) is 1.46. The van der Waals surface area contributed by atoms with Crippen molar-refractivity contribution in [3.05, 3.63) is 24.0 Å². The standard InChI is InChI=1S/C6H10O2/c1-6(5-8)3-2-4-7/h2-3,5,7-8H,4H2,1H3/b3-2+,6-5+. The van der Waals surface area contributed by atoms with Crippen molar-refractivity contribution in [2.45, 2.75) is 6.92 Å². The van der Waals surface area contributed by atoms with Crippen molar-refractivity contribution in [1.82, 2.24) is 0 Å². The van der Waals surface area contributed by atoms with Crippen LogP contribution in [0.2, 0.25) is 0 Å². The first-order valence-electron chi connectivity index (χ1n) is 2.39. The zero-order valence-corrected chi connectivity index (χ0v) is 4.83. The lowest BCUT2D eigenvalue weighted by molar-refractivity contribution is 0.342. The molecule has 0 saturated carbocycles. The fraction of sp³-hybridized carbons (Fsp3) is 0.333. The summed E-state index contributed by atoms with van der Waals surface area (Å²) in [4.78, 5) is 0. The number of aliphatic hydroxyl groups is 2. The fourth-order valence-corrected chi connectivity index (χ4v) is 0.282. The van der Waals surface area contributed by atoms with E-state index < -0.39 is 0 Å². The summed E-state index contributed by atoms with van der Waals surface area (Å²) in [5.74, 6) is 0. The third kappa shape index (κ3) is 3.43. The SMILES string of the molecule is CC(/C=C/CO)=C\O. The van der Waals surface area contributed by atoms with Gasteiger partial charge in [-0.05, 0) is 12.5 Å². The van der Waals surface area contributed by atoms with Gasteiger partial charge in [0.05, 0.1) is 12.9 Å². The summed E-state index contributed by atoms with van der Waals surface area (Å²) in [5, 5.41) is 16.5. The minimum atomic E-state index is 0.0190. The predicted octanol–water partition coefficient (Wildman–Crippen LogP) is 0.997. The Labute approximate surface area is 48.8 Å². The molecule has 0 saturated heterocycles. The van der Waals surface area contributed by atoms with Gasteiger partial charge in [-0.25, -0.2) is 0 Å². The number of allylic oxidation sites excluding steroid dienone is 2. The Morgan fingerprint density at radius 2 is 2.25 bits per heavy atom. The minimum absolute atomic E-state index is 0.0190. The molecule has 0 heterocycles. The predicted molar refractivity (Wildman–Crippen MR) is 32.6 cm³/mol. The van der Waals surface area contributed by atoms with Crippen molar-refractivity contribution in [1.29, 1.82) is 0 Å². The Balaban J connectivity index is 3.53. The molecule has 0 rings (SSSR count). The summed E-state index contributed by atoms with van der Waals surface area (Å²) in [5.41, 5.74) is 0.735. The molecule has 0 atom stereocenters. The van der Waals surface area contributed by atoms with Crippen LogP contribution in [0.25, 0.3) is 0 Å². The lowest BCUT2D eigenvalue weighted by Crippen LogP contribution is -1.72. The molecular weight excluding hydrogens is 104 g/mol. The summed E-state index contributed by atoms with van der Waals surface area (Å²) in [7, 11) is 0. The Morgan fingerprint density at radius 3 is 2.62 bits per heavy atom. The first-order chi connectivity index (χ1) is 3.81. The molecule has 0 aromatic rings. The fourth-order valence-electron chi connectivity index (χ4n) is 0.282. The van der Waals surface area contributed by atoms with E-state index in [1.807, 2.05) is 0 Å². The Morgan fingerprint density at radius 1 is 1.62 bits per heavy atom. The highest BCUT2D eigenvalue weighted by Gasteiger charge is 1.74. The van der Waals surface area contributed by atoms with Crippen molar-refractivity contribution in [3.8, 4) is 0 Å². The van der Waals surface area contributed by atoms with Gasteiger partial charge in [-0.1, -0.05) is 12.2 Å². The summed E-state index contributed by atoms with van der Waals surface area (Å²) >= 11 is 0. The average molecular weight is 114 g/mol. The average Bonchev–Trinajstić information content (AvgIpc) is 1.83. The van der Waals surface area contributed by atoms with Crippen molar-refractivity contribution < 1.29 is 10.2 Å². The molecule has 2 heteroatoms. The number of hydrogen-bond acceptors (Lipinski definition) is 2. The Kier molecular flexibility index (Phi) is 3.98. The van der Waals surface area contributed by atoms with E-state index >= 15 is 0 Å². The molecule has 0 radical (unpaired) electrons. The van der Waals surface area contributed by atoms with Crippen LogP contribution < -0.4 is 0 Å². The van der Waals surface area contributed by atoms with E-state index in [9.17, 15) is 0 Å². The van der Waals surface area contributed by atoms with Crippen LogP contribution in [-0.4, -0.2) is 16.8 Å². The lowest BCUT2D eigenvalue weighted by Gasteiger charge is -1.83. The maximum Gasteiger partial charge on any atom is 0.0820 e. The molecular formula is C6H10O2. The maximum atomic E-state index is 8.27. The summed E-state index contributed by atoms with van der Waals surface area (Å²) < 4.78 is 0. The van der Waals surface area contributed by atoms with Gasteiger partial charge in [0.1, 0.15) is 0 Å². The van der Waals surface area contributed by atoms with E-state index in [2.05, 4.69) is 0 Å². The molecule has 0 unspecified atom stereocenters. The molecule has 0 bridgehead atoms. The van der Waals surface area contributed by atoms with E-state index in [1.165, 1.54) is 0 Å². The van der Waals surface area contributed by atoms with Gasteiger partial charge in [-0.3, -0.25) is 0 Å². The summed E-state index contributed by atoms with van der Waals surface area (Å²) in [6.07, 6.45) is 4.19. The molecule has 0 aromatic heterocycles. The second kappa shape index (κ2) is 4.40. The number of rotatable bonds is 2. The van der Waals surface area contributed by atoms with E-state index in [4.69, 9.17) is 10.2 Å². The largest absolute Gasteiger partial charge is 0.515 e. The Bertz CT molecular complexity index is 103. The van der Waals surface area contributed by atoms with Crippen molar-refractivity contribution in [2.75, 3.05) is 6.61 Å². The van der Waals surface area contributed by atoms with E-state index in [1.54, 1.807) is 19.1 Å². The minimum Gasteiger partial charge on any atom is -0.515 e. The molecule has 0 spiro atoms. The van der Waals surface area contributed by atoms with Gasteiger partial charge < -0.3 is 10.2 Å². The van der Waals surface area contributed by atoms with E-state index in [0.717, 1.165) is 11.8 Å². The van der Waals surface area contributed by atoms with Gasteiger partial charge in [0, 0.05) is 0 Å². The highest BCUT2D eigenvalue weighted by molar-refractivity contribution is 5.12. The van der Waals surface area contributed by atoms with Crippen LogP contribution in [0.4, 0.5) is 0 Å². The summed E-state index contributed by atoms with van der Waals surface area (Å²) in [6.45, 7) is 1.76. The monoisotopic (exact) mass is 114 g/mol. The number of hydrogen-bond donors (Lipinski definition) is 2. The molecule has 0 aliphatic carbocycles. The molecule has 2 N–H and O–H groups in total. The third-order valence-electron chi connectivity index (χ3n) is 0.690. The summed E-state index contributed by atoms with van der Waals surface area (Å²) in [6, 6.07) is 0. The Hall–Kier alpha value is -0.760. The maximum absolute atomic E-state index is 8.27. The van der Waals surface area contributed by atoms with Crippen LogP contribution in [-0.2, 0) is 0 Å². The second-order valence-corrected chi connectivity index (χ2v) is 1.46. The molecule has 0 amide bonds. The first-order valence-corrected chi connectivity index (χ1v) is 2.39. The lowest BCUT2D eigenvalue weighted by atomic mass is 10.3. The van der Waals surface area contributed by atoms with Crippen molar-refractivity contribution >= 4 is 0 Å². The smallest absolute Gasteiger partial charge is 0.0820 e. The van der Waals surface area contributed by atoms with E-state index in [-0.39, 0.29) is 6.61 Å².